The van der Waals surface area contributed by atoms with Crippen molar-refractivity contribution in [3.05, 3.63) is 54.1 Å². The molecule has 0 spiro atoms. The summed E-state index contributed by atoms with van der Waals surface area (Å²) in [4.78, 5) is 25.5. The zero-order chi connectivity index (χ0) is 19.2. The van der Waals surface area contributed by atoms with Crippen molar-refractivity contribution in [2.75, 3.05) is 17.2 Å². The molecule has 0 bridgehead atoms. The Morgan fingerprint density at radius 3 is 2.04 bits per heavy atom. The summed E-state index contributed by atoms with van der Waals surface area (Å²) in [5, 5.41) is 5.68. The number of benzene rings is 2. The van der Waals surface area contributed by atoms with E-state index in [4.69, 9.17) is 4.74 Å². The fraction of sp³-hybridized carbons (Fsp3) is 0.333. The molecule has 0 aliphatic carbocycles. The molecule has 138 valence electrons. The molecule has 0 radical (unpaired) electrons. The standard InChI is InChI=1S/C21H26N2O3/c1-5-15-11-7-8-12-16(15)22-19(24)21(3,4)20(25)23-17-13-9-10-14-18(17)26-6-2/h7-14H,5-6H2,1-4H3,(H,22,24)(H,23,25). The summed E-state index contributed by atoms with van der Waals surface area (Å²) < 4.78 is 5.52. The number of carbonyl (C=O) groups excluding carboxylic acids is 2. The molecule has 2 amide bonds. The first kappa shape index (κ1) is 19.5. The lowest BCUT2D eigenvalue weighted by Crippen LogP contribution is -2.41. The van der Waals surface area contributed by atoms with Crippen LogP contribution in [0.25, 0.3) is 0 Å². The van der Waals surface area contributed by atoms with Crippen molar-refractivity contribution in [1.82, 2.24) is 0 Å². The molecule has 0 saturated carbocycles. The quantitative estimate of drug-likeness (QED) is 0.731. The van der Waals surface area contributed by atoms with E-state index in [2.05, 4.69) is 10.6 Å². The van der Waals surface area contributed by atoms with E-state index in [1.165, 1.54) is 0 Å². The molecule has 2 aromatic rings. The van der Waals surface area contributed by atoms with Crippen molar-refractivity contribution < 1.29 is 14.3 Å². The fourth-order valence-electron chi connectivity index (χ4n) is 2.46. The van der Waals surface area contributed by atoms with Crippen LogP contribution in [-0.4, -0.2) is 18.4 Å². The molecule has 5 nitrogen and oxygen atoms in total. The lowest BCUT2D eigenvalue weighted by molar-refractivity contribution is -0.135. The van der Waals surface area contributed by atoms with Gasteiger partial charge in [-0.3, -0.25) is 9.59 Å². The molecule has 0 unspecified atom stereocenters. The number of anilines is 2. The minimum atomic E-state index is -1.25. The van der Waals surface area contributed by atoms with Gasteiger partial charge in [0.25, 0.3) is 0 Å². The molecule has 0 saturated heterocycles. The van der Waals surface area contributed by atoms with E-state index in [0.717, 1.165) is 17.7 Å². The van der Waals surface area contributed by atoms with Gasteiger partial charge in [0.15, 0.2) is 0 Å². The van der Waals surface area contributed by atoms with Gasteiger partial charge in [0.1, 0.15) is 11.2 Å². The Hall–Kier alpha value is -2.82. The molecule has 0 heterocycles. The van der Waals surface area contributed by atoms with E-state index >= 15 is 0 Å². The van der Waals surface area contributed by atoms with Gasteiger partial charge >= 0.3 is 0 Å². The zero-order valence-electron chi connectivity index (χ0n) is 15.8. The Balaban J connectivity index is 2.15. The molecule has 5 heteroatoms. The summed E-state index contributed by atoms with van der Waals surface area (Å²) in [5.74, 6) is -0.170. The largest absolute Gasteiger partial charge is 0.492 e. The number of carbonyl (C=O) groups is 2. The minimum absolute atomic E-state index is 0.357. The van der Waals surface area contributed by atoms with E-state index in [1.54, 1.807) is 26.0 Å². The maximum absolute atomic E-state index is 12.7. The predicted octanol–water partition coefficient (Wildman–Crippen LogP) is 4.25. The molecule has 0 atom stereocenters. The Labute approximate surface area is 154 Å². The maximum atomic E-state index is 12.7. The normalized spacial score (nSPS) is 10.9. The second kappa shape index (κ2) is 8.52. The van der Waals surface area contributed by atoms with E-state index < -0.39 is 11.3 Å². The lowest BCUT2D eigenvalue weighted by atomic mass is 9.90. The molecule has 0 aliphatic heterocycles. The highest BCUT2D eigenvalue weighted by atomic mass is 16.5. The first-order valence-corrected chi connectivity index (χ1v) is 8.82. The second-order valence-electron chi connectivity index (χ2n) is 6.47. The van der Waals surface area contributed by atoms with Crippen LogP contribution in [0.2, 0.25) is 0 Å². The van der Waals surface area contributed by atoms with Crippen molar-refractivity contribution >= 4 is 23.2 Å². The van der Waals surface area contributed by atoms with Crippen molar-refractivity contribution in [1.29, 1.82) is 0 Å². The Kier molecular flexibility index (Phi) is 6.39. The third-order valence-corrected chi connectivity index (χ3v) is 4.22. The monoisotopic (exact) mass is 354 g/mol. The molecule has 26 heavy (non-hydrogen) atoms. The molecule has 2 aromatic carbocycles. The molecular weight excluding hydrogens is 328 g/mol. The first-order chi connectivity index (χ1) is 12.4. The van der Waals surface area contributed by atoms with Gasteiger partial charge in [0.2, 0.25) is 11.8 Å². The summed E-state index contributed by atoms with van der Waals surface area (Å²) in [6.45, 7) is 7.60. The van der Waals surface area contributed by atoms with Crippen molar-refractivity contribution in [3.8, 4) is 5.75 Å². The van der Waals surface area contributed by atoms with Gasteiger partial charge in [-0.15, -0.1) is 0 Å². The molecule has 2 N–H and O–H groups in total. The van der Waals surface area contributed by atoms with Crippen molar-refractivity contribution in [3.63, 3.8) is 0 Å². The summed E-state index contributed by atoms with van der Waals surface area (Å²) in [6, 6.07) is 14.8. The smallest absolute Gasteiger partial charge is 0.239 e. The van der Waals surface area contributed by atoms with E-state index in [9.17, 15) is 9.59 Å². The highest BCUT2D eigenvalue weighted by Gasteiger charge is 2.36. The van der Waals surface area contributed by atoms with Gasteiger partial charge in [0.05, 0.1) is 12.3 Å². The fourth-order valence-corrected chi connectivity index (χ4v) is 2.46. The van der Waals surface area contributed by atoms with Gasteiger partial charge in [-0.25, -0.2) is 0 Å². The van der Waals surface area contributed by atoms with E-state index in [0.29, 0.717) is 18.0 Å². The number of ether oxygens (including phenoxy) is 1. The van der Waals surface area contributed by atoms with E-state index in [1.807, 2.05) is 50.2 Å². The Morgan fingerprint density at radius 2 is 1.42 bits per heavy atom. The number of hydrogen-bond acceptors (Lipinski definition) is 3. The SMILES string of the molecule is CCOc1ccccc1NC(=O)C(C)(C)C(=O)Nc1ccccc1CC. The first-order valence-electron chi connectivity index (χ1n) is 8.82. The summed E-state index contributed by atoms with van der Waals surface area (Å²) in [6.07, 6.45) is 0.796. The minimum Gasteiger partial charge on any atom is -0.492 e. The van der Waals surface area contributed by atoms with Gasteiger partial charge < -0.3 is 15.4 Å². The van der Waals surface area contributed by atoms with Crippen LogP contribution in [0, 0.1) is 5.41 Å². The second-order valence-corrected chi connectivity index (χ2v) is 6.47. The lowest BCUT2D eigenvalue weighted by Gasteiger charge is -2.24. The van der Waals surface area contributed by atoms with Gasteiger partial charge in [-0.2, -0.15) is 0 Å². The number of amides is 2. The topological polar surface area (TPSA) is 67.4 Å². The number of rotatable bonds is 7. The molecule has 0 fully saturated rings. The van der Waals surface area contributed by atoms with Gasteiger partial charge in [0, 0.05) is 5.69 Å². The van der Waals surface area contributed by atoms with Crippen molar-refractivity contribution in [2.24, 2.45) is 5.41 Å². The number of para-hydroxylation sites is 3. The average molecular weight is 354 g/mol. The highest BCUT2D eigenvalue weighted by Crippen LogP contribution is 2.28. The van der Waals surface area contributed by atoms with Crippen LogP contribution in [0.5, 0.6) is 5.75 Å². The maximum Gasteiger partial charge on any atom is 0.239 e. The molecular formula is C21H26N2O3. The van der Waals surface area contributed by atoms with Crippen LogP contribution in [-0.2, 0) is 16.0 Å². The molecule has 0 aliphatic rings. The van der Waals surface area contributed by atoms with Crippen LogP contribution in [0.15, 0.2) is 48.5 Å². The Bertz CT molecular complexity index is 784. The third-order valence-electron chi connectivity index (χ3n) is 4.22. The highest BCUT2D eigenvalue weighted by molar-refractivity contribution is 6.14. The predicted molar refractivity (Wildman–Crippen MR) is 104 cm³/mol. The Morgan fingerprint density at radius 1 is 0.885 bits per heavy atom. The van der Waals surface area contributed by atoms with Crippen LogP contribution in [0.1, 0.15) is 33.3 Å². The van der Waals surface area contributed by atoms with Crippen LogP contribution in [0.4, 0.5) is 11.4 Å². The van der Waals surface area contributed by atoms with Crippen molar-refractivity contribution in [2.45, 2.75) is 34.1 Å². The average Bonchev–Trinajstić information content (AvgIpc) is 2.63. The summed E-state index contributed by atoms with van der Waals surface area (Å²) in [7, 11) is 0. The number of hydrogen-bond donors (Lipinski definition) is 2. The molecule has 0 aromatic heterocycles. The van der Waals surface area contributed by atoms with Crippen LogP contribution >= 0.6 is 0 Å². The van der Waals surface area contributed by atoms with Crippen LogP contribution in [0.3, 0.4) is 0 Å². The van der Waals surface area contributed by atoms with E-state index in [-0.39, 0.29) is 5.91 Å². The van der Waals surface area contributed by atoms with Crippen LogP contribution < -0.4 is 15.4 Å². The molecule has 2 rings (SSSR count). The number of aryl methyl sites for hydroxylation is 1. The summed E-state index contributed by atoms with van der Waals surface area (Å²) >= 11 is 0. The van der Waals surface area contributed by atoms with Gasteiger partial charge in [-0.05, 0) is 51.0 Å². The summed E-state index contributed by atoms with van der Waals surface area (Å²) in [5.41, 5.74) is 1.06. The zero-order valence-corrected chi connectivity index (χ0v) is 15.8. The number of nitrogens with one attached hydrogen (secondary N) is 2. The van der Waals surface area contributed by atoms with Gasteiger partial charge in [-0.1, -0.05) is 37.3 Å². The third kappa shape index (κ3) is 4.42.